The summed E-state index contributed by atoms with van der Waals surface area (Å²) in [5.41, 5.74) is -3.81. The molecule has 0 radical (unpaired) electrons. The number of carbonyl (C=O) groups is 4. The normalized spacial score (nSPS) is 26.9. The van der Waals surface area contributed by atoms with Gasteiger partial charge in [0.2, 0.25) is 33.4 Å². The van der Waals surface area contributed by atoms with E-state index in [1.54, 1.807) is 13.0 Å². The van der Waals surface area contributed by atoms with Crippen LogP contribution in [0.5, 0.6) is 5.88 Å². The van der Waals surface area contributed by atoms with Gasteiger partial charge in [0.05, 0.1) is 22.8 Å². The number of hydrogen-bond donors (Lipinski definition) is 3. The lowest BCUT2D eigenvalue weighted by atomic mass is 10.0. The number of fused-ring (bicyclic) bond motifs is 3. The number of allylic oxidation sites excluding steroid dienone is 1. The molecule has 1 saturated heterocycles. The molecule has 2 aliphatic heterocycles. The van der Waals surface area contributed by atoms with Crippen LogP contribution >= 0.6 is 0 Å². The zero-order valence-electron chi connectivity index (χ0n) is 29.4. The van der Waals surface area contributed by atoms with Gasteiger partial charge in [-0.15, -0.1) is 0 Å². The van der Waals surface area contributed by atoms with Crippen molar-refractivity contribution in [1.82, 2.24) is 35.4 Å². The Morgan fingerprint density at radius 1 is 1.07 bits per heavy atom. The van der Waals surface area contributed by atoms with E-state index in [0.29, 0.717) is 44.3 Å². The molecule has 4 amide bonds. The van der Waals surface area contributed by atoms with Gasteiger partial charge < -0.3 is 24.8 Å². The largest absolute Gasteiger partial charge is 0.471 e. The smallest absolute Gasteiger partial charge is 0.438 e. The number of amides is 4. The number of halogens is 4. The number of nitrogens with one attached hydrogen (secondary N) is 3. The van der Waals surface area contributed by atoms with Crippen LogP contribution in [0.1, 0.15) is 79.7 Å². The molecule has 3 fully saturated rings. The van der Waals surface area contributed by atoms with E-state index in [-0.39, 0.29) is 29.6 Å². The van der Waals surface area contributed by atoms with E-state index in [4.69, 9.17) is 9.26 Å². The first-order valence-electron chi connectivity index (χ1n) is 17.8. The van der Waals surface area contributed by atoms with Crippen molar-refractivity contribution in [2.75, 3.05) is 6.54 Å². The van der Waals surface area contributed by atoms with Crippen molar-refractivity contribution < 1.29 is 54.4 Å². The van der Waals surface area contributed by atoms with Crippen LogP contribution < -0.4 is 20.1 Å². The fourth-order valence-electron chi connectivity index (χ4n) is 6.99. The van der Waals surface area contributed by atoms with E-state index in [9.17, 15) is 45.2 Å². The van der Waals surface area contributed by atoms with Gasteiger partial charge in [0.1, 0.15) is 35.3 Å². The highest BCUT2D eigenvalue weighted by molar-refractivity contribution is 7.91. The molecule has 1 aromatic carbocycles. The van der Waals surface area contributed by atoms with Crippen LogP contribution in [0.4, 0.5) is 17.6 Å². The topological polar surface area (TPSA) is 203 Å². The quantitative estimate of drug-likeness (QED) is 0.234. The molecular weight excluding hydrogens is 754 g/mol. The van der Waals surface area contributed by atoms with E-state index >= 15 is 0 Å². The lowest BCUT2D eigenvalue weighted by Crippen LogP contribution is -2.58. The predicted molar refractivity (Wildman–Crippen MR) is 183 cm³/mol. The SMILES string of the molecule is Cc1cc(C(=O)N[C@H]2CCCCC/C=C\C3C[C@@]3(C(=O)NS(=O)(=O)C3CC3)NC(=O)[C@@H]3C[C@@H](Oc4nc5cc(F)ccc5nc4C(F)(F)F)CN3C2=O)no1. The number of aromatic nitrogens is 3. The summed E-state index contributed by atoms with van der Waals surface area (Å²) in [4.78, 5) is 64.1. The summed E-state index contributed by atoms with van der Waals surface area (Å²) in [7, 11) is -4.01. The van der Waals surface area contributed by atoms with Crippen LogP contribution in [0, 0.1) is 18.7 Å². The fourth-order valence-corrected chi connectivity index (χ4v) is 8.35. The molecule has 4 heterocycles. The van der Waals surface area contributed by atoms with Crippen molar-refractivity contribution >= 4 is 44.7 Å². The maximum atomic E-state index is 14.4. The minimum absolute atomic E-state index is 0.0514. The first kappa shape index (κ1) is 38.1. The van der Waals surface area contributed by atoms with E-state index in [1.165, 1.54) is 6.07 Å². The standard InChI is InChI=1S/C35H37F4N7O8S/c1-18-13-26(44-54-18)29(47)41-24-8-6-4-2-3-5-7-19-16-34(19,33(50)45-55(51,52)22-10-11-22)43-30(48)27-15-21(17-46(27)32(24)49)53-31-28(35(37,38)39)40-23-12-9-20(36)14-25(23)42-31/h5,7,9,12-14,19,21-22,24,27H,2-4,6,8,10-11,15-17H2,1H3,(H,41,47)(H,43,48)(H,45,50)/b7-5-/t19?,21-,24+,27+,34-/m1/s1. The Morgan fingerprint density at radius 2 is 1.85 bits per heavy atom. The summed E-state index contributed by atoms with van der Waals surface area (Å²) in [5, 5.41) is 8.28. The molecule has 0 bridgehead atoms. The lowest BCUT2D eigenvalue weighted by molar-refractivity contribution is -0.143. The number of hydrogen-bond acceptors (Lipinski definition) is 11. The minimum atomic E-state index is -5.06. The molecule has 15 nitrogen and oxygen atoms in total. The number of carbonyl (C=O) groups excluding carboxylic acids is 4. The van der Waals surface area contributed by atoms with Gasteiger partial charge in [0.25, 0.3) is 11.8 Å². The van der Waals surface area contributed by atoms with E-state index < -0.39 is 105 Å². The summed E-state index contributed by atoms with van der Waals surface area (Å²) in [5.74, 6) is -5.40. The molecule has 7 rings (SSSR count). The Bertz CT molecular complexity index is 2180. The maximum Gasteiger partial charge on any atom is 0.438 e. The molecule has 2 saturated carbocycles. The monoisotopic (exact) mass is 791 g/mol. The van der Waals surface area contributed by atoms with Crippen molar-refractivity contribution in [3.63, 3.8) is 0 Å². The van der Waals surface area contributed by atoms with Crippen molar-refractivity contribution in [3.8, 4) is 5.88 Å². The minimum Gasteiger partial charge on any atom is -0.471 e. The number of ether oxygens (including phenoxy) is 1. The third-order valence-corrected chi connectivity index (χ3v) is 12.0. The molecule has 20 heteroatoms. The van der Waals surface area contributed by atoms with Gasteiger partial charge in [-0.25, -0.2) is 22.8 Å². The van der Waals surface area contributed by atoms with E-state index in [0.717, 1.165) is 23.1 Å². The van der Waals surface area contributed by atoms with E-state index in [2.05, 4.69) is 30.5 Å². The average Bonchev–Trinajstić information content (AvgIpc) is 4.01. The molecule has 294 valence electrons. The highest BCUT2D eigenvalue weighted by Gasteiger charge is 2.62. The predicted octanol–water partition coefficient (Wildman–Crippen LogP) is 3.23. The number of nitrogens with zero attached hydrogens (tertiary/aromatic N) is 4. The average molecular weight is 792 g/mol. The van der Waals surface area contributed by atoms with Crippen LogP contribution in [-0.4, -0.2) is 87.6 Å². The van der Waals surface area contributed by atoms with Crippen LogP contribution in [0.3, 0.4) is 0 Å². The number of sulfonamides is 1. The van der Waals surface area contributed by atoms with Gasteiger partial charge in [0, 0.05) is 24.5 Å². The number of aryl methyl sites for hydroxylation is 1. The first-order valence-corrected chi connectivity index (χ1v) is 19.4. The Labute approximate surface area is 311 Å². The second kappa shape index (κ2) is 14.5. The zero-order valence-corrected chi connectivity index (χ0v) is 30.2. The molecule has 2 aliphatic carbocycles. The number of alkyl halides is 3. The molecular formula is C35H37F4N7O8S. The van der Waals surface area contributed by atoms with Gasteiger partial charge in [-0.1, -0.05) is 30.2 Å². The molecule has 5 atom stereocenters. The van der Waals surface area contributed by atoms with Crippen LogP contribution in [-0.2, 0) is 30.6 Å². The zero-order chi connectivity index (χ0) is 39.3. The summed E-state index contributed by atoms with van der Waals surface area (Å²) in [6.07, 6.45) is 0.0512. The second-order valence-corrected chi connectivity index (χ2v) is 16.3. The van der Waals surface area contributed by atoms with Crippen molar-refractivity contribution in [2.24, 2.45) is 5.92 Å². The molecule has 1 unspecified atom stereocenters. The van der Waals surface area contributed by atoms with Gasteiger partial charge in [0.15, 0.2) is 5.69 Å². The highest BCUT2D eigenvalue weighted by atomic mass is 32.2. The van der Waals surface area contributed by atoms with Crippen LogP contribution in [0.15, 0.2) is 40.9 Å². The summed E-state index contributed by atoms with van der Waals surface area (Å²) < 4.78 is 95.2. The van der Waals surface area contributed by atoms with Gasteiger partial charge in [-0.05, 0) is 57.6 Å². The number of rotatable bonds is 7. The van der Waals surface area contributed by atoms with E-state index in [1.807, 2.05) is 6.08 Å². The Hall–Kier alpha value is -5.14. The molecule has 3 N–H and O–H groups in total. The summed E-state index contributed by atoms with van der Waals surface area (Å²) in [6, 6.07) is 1.50. The third-order valence-electron chi connectivity index (χ3n) is 10.1. The first-order chi connectivity index (χ1) is 26.0. The third kappa shape index (κ3) is 8.13. The van der Waals surface area contributed by atoms with Crippen LogP contribution in [0.2, 0.25) is 0 Å². The van der Waals surface area contributed by atoms with Crippen molar-refractivity contribution in [1.29, 1.82) is 0 Å². The van der Waals surface area contributed by atoms with Crippen molar-refractivity contribution in [2.45, 2.75) is 99.9 Å². The lowest BCUT2D eigenvalue weighted by Gasteiger charge is -2.29. The van der Waals surface area contributed by atoms with Gasteiger partial charge >= 0.3 is 6.18 Å². The molecule has 2 aromatic heterocycles. The van der Waals surface area contributed by atoms with Gasteiger partial charge in [-0.2, -0.15) is 13.2 Å². The molecule has 4 aliphatic rings. The summed E-state index contributed by atoms with van der Waals surface area (Å²) in [6.45, 7) is 1.10. The molecule has 55 heavy (non-hydrogen) atoms. The Balaban J connectivity index is 1.22. The van der Waals surface area contributed by atoms with Crippen LogP contribution in [0.25, 0.3) is 11.0 Å². The maximum absolute atomic E-state index is 14.4. The molecule has 3 aromatic rings. The second-order valence-electron chi connectivity index (χ2n) is 14.4. The summed E-state index contributed by atoms with van der Waals surface area (Å²) >= 11 is 0. The van der Waals surface area contributed by atoms with Gasteiger partial charge in [-0.3, -0.25) is 23.9 Å². The molecule has 0 spiro atoms. The Morgan fingerprint density at radius 3 is 2.56 bits per heavy atom. The van der Waals surface area contributed by atoms with Crippen molar-refractivity contribution in [3.05, 3.63) is 59.4 Å². The number of benzene rings is 1. The highest BCUT2D eigenvalue weighted by Crippen LogP contribution is 2.46. The fraction of sp³-hybridized carbons (Fsp3) is 0.514. The Kier molecular flexibility index (Phi) is 10.1.